The second-order valence-electron chi connectivity index (χ2n) is 5.39. The van der Waals surface area contributed by atoms with Gasteiger partial charge in [0.05, 0.1) is 13.2 Å². The first kappa shape index (κ1) is 16.6. The minimum Gasteiger partial charge on any atom is -0.452 e. The Labute approximate surface area is 134 Å². The van der Waals surface area contributed by atoms with Gasteiger partial charge in [-0.05, 0) is 37.1 Å². The van der Waals surface area contributed by atoms with E-state index in [9.17, 15) is 14.4 Å². The number of methoxy groups -OCH3 is 1. The number of urea groups is 1. The van der Waals surface area contributed by atoms with Crippen molar-refractivity contribution in [2.75, 3.05) is 18.6 Å². The minimum atomic E-state index is -0.778. The van der Waals surface area contributed by atoms with E-state index in [4.69, 9.17) is 0 Å². The SMILES string of the molecule is COC(=O)NNC(=O)N[C@H]1CC(=O)N(c2ccc(C)c(C)c2)C1. The van der Waals surface area contributed by atoms with Gasteiger partial charge in [-0.1, -0.05) is 6.07 Å². The van der Waals surface area contributed by atoms with Crippen molar-refractivity contribution >= 4 is 23.7 Å². The third-order valence-electron chi connectivity index (χ3n) is 3.73. The molecule has 4 amide bonds. The zero-order valence-corrected chi connectivity index (χ0v) is 13.3. The normalized spacial score (nSPS) is 16.9. The summed E-state index contributed by atoms with van der Waals surface area (Å²) in [7, 11) is 1.19. The molecule has 1 fully saturated rings. The largest absolute Gasteiger partial charge is 0.452 e. The van der Waals surface area contributed by atoms with Gasteiger partial charge in [-0.2, -0.15) is 0 Å². The molecule has 3 N–H and O–H groups in total. The first-order valence-electron chi connectivity index (χ1n) is 7.18. The maximum Gasteiger partial charge on any atom is 0.425 e. The Morgan fingerprint density at radius 2 is 1.96 bits per heavy atom. The first-order chi connectivity index (χ1) is 10.9. The summed E-state index contributed by atoms with van der Waals surface area (Å²) in [6.45, 7) is 4.38. The number of carbonyl (C=O) groups is 3. The summed E-state index contributed by atoms with van der Waals surface area (Å²) in [4.78, 5) is 36.3. The number of amides is 4. The second kappa shape index (κ2) is 6.99. The average molecular weight is 320 g/mol. The molecular formula is C15H20N4O4. The molecule has 0 unspecified atom stereocenters. The molecule has 23 heavy (non-hydrogen) atoms. The smallest absolute Gasteiger partial charge is 0.425 e. The van der Waals surface area contributed by atoms with Crippen molar-refractivity contribution in [2.45, 2.75) is 26.3 Å². The van der Waals surface area contributed by atoms with Crippen molar-refractivity contribution in [2.24, 2.45) is 0 Å². The van der Waals surface area contributed by atoms with Crippen LogP contribution in [0.25, 0.3) is 0 Å². The average Bonchev–Trinajstić information content (AvgIpc) is 2.88. The first-order valence-corrected chi connectivity index (χ1v) is 7.18. The maximum atomic E-state index is 12.1. The van der Waals surface area contributed by atoms with E-state index in [2.05, 4.69) is 20.9 Å². The van der Waals surface area contributed by atoms with E-state index in [1.807, 2.05) is 32.0 Å². The highest BCUT2D eigenvalue weighted by Crippen LogP contribution is 2.23. The van der Waals surface area contributed by atoms with Crippen LogP contribution < -0.4 is 21.1 Å². The molecule has 0 radical (unpaired) electrons. The number of anilines is 1. The molecule has 8 nitrogen and oxygen atoms in total. The lowest BCUT2D eigenvalue weighted by Gasteiger charge is -2.18. The van der Waals surface area contributed by atoms with Crippen molar-refractivity contribution in [3.8, 4) is 0 Å². The highest BCUT2D eigenvalue weighted by Gasteiger charge is 2.31. The molecule has 0 aromatic heterocycles. The highest BCUT2D eigenvalue weighted by atomic mass is 16.5. The molecule has 0 bridgehead atoms. The van der Waals surface area contributed by atoms with Gasteiger partial charge in [-0.15, -0.1) is 0 Å². The van der Waals surface area contributed by atoms with Gasteiger partial charge in [-0.25, -0.2) is 20.4 Å². The quantitative estimate of drug-likeness (QED) is 0.707. The lowest BCUT2D eigenvalue weighted by Crippen LogP contribution is -2.50. The number of nitrogens with one attached hydrogen (secondary N) is 3. The summed E-state index contributed by atoms with van der Waals surface area (Å²) in [5.74, 6) is -0.0560. The third kappa shape index (κ3) is 4.12. The van der Waals surface area contributed by atoms with Crippen LogP contribution in [0.1, 0.15) is 17.5 Å². The summed E-state index contributed by atoms with van der Waals surface area (Å²) in [5.41, 5.74) is 7.27. The Hall–Kier alpha value is -2.77. The fourth-order valence-electron chi connectivity index (χ4n) is 2.33. The summed E-state index contributed by atoms with van der Waals surface area (Å²) < 4.78 is 4.33. The lowest BCUT2D eigenvalue weighted by molar-refractivity contribution is -0.117. The Bertz CT molecular complexity index is 632. The Morgan fingerprint density at radius 3 is 2.61 bits per heavy atom. The van der Waals surface area contributed by atoms with Crippen LogP contribution in [-0.4, -0.2) is 37.7 Å². The van der Waals surface area contributed by atoms with Crippen LogP contribution in [0.3, 0.4) is 0 Å². The molecule has 1 heterocycles. The van der Waals surface area contributed by atoms with Gasteiger partial charge >= 0.3 is 12.1 Å². The summed E-state index contributed by atoms with van der Waals surface area (Å²) in [6, 6.07) is 4.88. The number of carbonyl (C=O) groups excluding carboxylic acids is 3. The molecule has 2 rings (SSSR count). The predicted octanol–water partition coefficient (Wildman–Crippen LogP) is 0.979. The summed E-state index contributed by atoms with van der Waals surface area (Å²) in [5, 5.41) is 2.63. The van der Waals surface area contributed by atoms with Crippen LogP contribution in [0, 0.1) is 13.8 Å². The Balaban J connectivity index is 1.93. The zero-order valence-electron chi connectivity index (χ0n) is 13.3. The Morgan fingerprint density at radius 1 is 1.22 bits per heavy atom. The van der Waals surface area contributed by atoms with E-state index >= 15 is 0 Å². The fraction of sp³-hybridized carbons (Fsp3) is 0.400. The van der Waals surface area contributed by atoms with Gasteiger partial charge in [-0.3, -0.25) is 4.79 Å². The molecule has 1 atom stereocenters. The Kier molecular flexibility index (Phi) is 5.05. The number of ether oxygens (including phenoxy) is 1. The van der Waals surface area contributed by atoms with Crippen molar-refractivity contribution < 1.29 is 19.1 Å². The van der Waals surface area contributed by atoms with Crippen molar-refractivity contribution in [1.29, 1.82) is 0 Å². The van der Waals surface area contributed by atoms with E-state index in [-0.39, 0.29) is 18.4 Å². The van der Waals surface area contributed by atoms with Gasteiger partial charge in [0.15, 0.2) is 0 Å². The zero-order chi connectivity index (χ0) is 17.0. The van der Waals surface area contributed by atoms with Crippen LogP contribution in [0.4, 0.5) is 15.3 Å². The third-order valence-corrected chi connectivity index (χ3v) is 3.73. The molecule has 1 aromatic carbocycles. The molecule has 8 heteroatoms. The van der Waals surface area contributed by atoms with Gasteiger partial charge in [0.25, 0.3) is 0 Å². The number of hydrogen-bond donors (Lipinski definition) is 3. The predicted molar refractivity (Wildman–Crippen MR) is 83.9 cm³/mol. The van der Waals surface area contributed by atoms with Crippen LogP contribution in [0.5, 0.6) is 0 Å². The number of nitrogens with zero attached hydrogens (tertiary/aromatic N) is 1. The van der Waals surface area contributed by atoms with Gasteiger partial charge in [0.2, 0.25) is 5.91 Å². The fourth-order valence-corrected chi connectivity index (χ4v) is 2.33. The summed E-state index contributed by atoms with van der Waals surface area (Å²) in [6.07, 6.45) is -0.571. The van der Waals surface area contributed by atoms with Crippen molar-refractivity contribution in [3.05, 3.63) is 29.3 Å². The molecule has 0 spiro atoms. The van der Waals surface area contributed by atoms with E-state index in [1.54, 1.807) is 4.90 Å². The van der Waals surface area contributed by atoms with Gasteiger partial charge in [0, 0.05) is 18.7 Å². The topological polar surface area (TPSA) is 99.8 Å². The highest BCUT2D eigenvalue weighted by molar-refractivity contribution is 5.97. The molecule has 0 saturated carbocycles. The van der Waals surface area contributed by atoms with Gasteiger partial charge < -0.3 is 15.0 Å². The second-order valence-corrected chi connectivity index (χ2v) is 5.39. The van der Waals surface area contributed by atoms with Crippen LogP contribution >= 0.6 is 0 Å². The molecule has 1 aliphatic heterocycles. The summed E-state index contributed by atoms with van der Waals surface area (Å²) >= 11 is 0. The van der Waals surface area contributed by atoms with Crippen molar-refractivity contribution in [3.63, 3.8) is 0 Å². The lowest BCUT2D eigenvalue weighted by atomic mass is 10.1. The van der Waals surface area contributed by atoms with Crippen LogP contribution in [0.15, 0.2) is 18.2 Å². The molecule has 0 aliphatic carbocycles. The number of aryl methyl sites for hydroxylation is 2. The monoisotopic (exact) mass is 320 g/mol. The van der Waals surface area contributed by atoms with E-state index in [0.29, 0.717) is 6.54 Å². The van der Waals surface area contributed by atoms with E-state index < -0.39 is 12.1 Å². The van der Waals surface area contributed by atoms with E-state index in [1.165, 1.54) is 7.11 Å². The van der Waals surface area contributed by atoms with Crippen molar-refractivity contribution in [1.82, 2.24) is 16.2 Å². The number of hydrazine groups is 1. The van der Waals surface area contributed by atoms with Crippen LogP contribution in [0.2, 0.25) is 0 Å². The number of benzene rings is 1. The molecule has 1 aliphatic rings. The maximum absolute atomic E-state index is 12.1. The molecule has 124 valence electrons. The van der Waals surface area contributed by atoms with Crippen LogP contribution in [-0.2, 0) is 9.53 Å². The number of hydrogen-bond acceptors (Lipinski definition) is 4. The minimum absolute atomic E-state index is 0.0560. The molecule has 1 aromatic rings. The van der Waals surface area contributed by atoms with Gasteiger partial charge in [0.1, 0.15) is 0 Å². The molecule has 1 saturated heterocycles. The standard InChI is InChI=1S/C15H20N4O4/c1-9-4-5-12(6-10(9)2)19-8-11(7-13(19)20)16-14(21)17-18-15(22)23-3/h4-6,11H,7-8H2,1-3H3,(H,18,22)(H2,16,17,21)/t11-/m0/s1. The number of rotatable bonds is 2. The molecular weight excluding hydrogens is 300 g/mol. The van der Waals surface area contributed by atoms with E-state index in [0.717, 1.165) is 16.8 Å².